The van der Waals surface area contributed by atoms with Gasteiger partial charge in [0.15, 0.2) is 0 Å². The lowest BCUT2D eigenvalue weighted by molar-refractivity contribution is 0.0484. The zero-order chi connectivity index (χ0) is 17.6. The van der Waals surface area contributed by atoms with Crippen molar-refractivity contribution in [3.05, 3.63) is 35.4 Å². The van der Waals surface area contributed by atoms with Gasteiger partial charge in [0, 0.05) is 0 Å². The molecule has 1 aromatic rings. The Bertz CT molecular complexity index is 479. The van der Waals surface area contributed by atoms with E-state index in [1.54, 1.807) is 24.3 Å². The lowest BCUT2D eigenvalue weighted by atomic mass is 10.1. The number of benzene rings is 1. The fourth-order valence-electron chi connectivity index (χ4n) is 2.27. The molecule has 0 aromatic heterocycles. The first-order valence-electron chi connectivity index (χ1n) is 9.13. The van der Waals surface area contributed by atoms with Crippen LogP contribution in [0.25, 0.3) is 0 Å². The standard InChI is InChI=1S/C20H30O4/c1-3-5-7-8-9-10-16-24-20(22)18-13-11-17(12-14-18)19(21)23-15-6-4-2/h11-14H,3-10,15-16H2,1-2H3. The van der Waals surface area contributed by atoms with Crippen LogP contribution in [0.4, 0.5) is 0 Å². The normalized spacial score (nSPS) is 10.4. The lowest BCUT2D eigenvalue weighted by Gasteiger charge is -2.06. The Kier molecular flexibility index (Phi) is 10.6. The molecule has 4 heteroatoms. The van der Waals surface area contributed by atoms with Gasteiger partial charge in [0.25, 0.3) is 0 Å². The molecule has 0 fully saturated rings. The maximum absolute atomic E-state index is 11.9. The molecular formula is C20H30O4. The molecule has 0 radical (unpaired) electrons. The number of unbranched alkanes of at least 4 members (excludes halogenated alkanes) is 6. The predicted molar refractivity (Wildman–Crippen MR) is 95.3 cm³/mol. The number of esters is 2. The number of carbonyl (C=O) groups is 2. The molecule has 0 heterocycles. The van der Waals surface area contributed by atoms with Gasteiger partial charge in [-0.1, -0.05) is 52.4 Å². The maximum Gasteiger partial charge on any atom is 0.338 e. The molecule has 4 nitrogen and oxygen atoms in total. The van der Waals surface area contributed by atoms with Crippen molar-refractivity contribution in [3.8, 4) is 0 Å². The highest BCUT2D eigenvalue weighted by atomic mass is 16.5. The van der Waals surface area contributed by atoms with E-state index in [1.165, 1.54) is 25.7 Å². The summed E-state index contributed by atoms with van der Waals surface area (Å²) in [4.78, 5) is 23.7. The Hall–Kier alpha value is -1.84. The summed E-state index contributed by atoms with van der Waals surface area (Å²) in [5, 5.41) is 0. The van der Waals surface area contributed by atoms with Crippen molar-refractivity contribution >= 4 is 11.9 Å². The fraction of sp³-hybridized carbons (Fsp3) is 0.600. The highest BCUT2D eigenvalue weighted by Crippen LogP contribution is 2.09. The highest BCUT2D eigenvalue weighted by molar-refractivity contribution is 5.93. The van der Waals surface area contributed by atoms with E-state index in [1.807, 2.05) is 6.92 Å². The third kappa shape index (κ3) is 8.14. The van der Waals surface area contributed by atoms with Crippen LogP contribution in [0, 0.1) is 0 Å². The maximum atomic E-state index is 11.9. The van der Waals surface area contributed by atoms with E-state index in [-0.39, 0.29) is 11.9 Å². The Morgan fingerprint density at radius 1 is 0.667 bits per heavy atom. The van der Waals surface area contributed by atoms with E-state index in [0.717, 1.165) is 25.7 Å². The SMILES string of the molecule is CCCCCCCCOC(=O)c1ccc(C(=O)OCCCC)cc1. The van der Waals surface area contributed by atoms with Crippen molar-refractivity contribution in [2.45, 2.75) is 65.2 Å². The molecule has 0 aliphatic heterocycles. The minimum absolute atomic E-state index is 0.338. The quantitative estimate of drug-likeness (QED) is 0.391. The van der Waals surface area contributed by atoms with Gasteiger partial charge < -0.3 is 9.47 Å². The molecular weight excluding hydrogens is 304 g/mol. The molecule has 0 unspecified atom stereocenters. The van der Waals surface area contributed by atoms with Gasteiger partial charge in [-0.05, 0) is 37.1 Å². The zero-order valence-corrected chi connectivity index (χ0v) is 15.0. The first-order chi connectivity index (χ1) is 11.7. The average molecular weight is 334 g/mol. The summed E-state index contributed by atoms with van der Waals surface area (Å²) in [6.07, 6.45) is 8.78. The summed E-state index contributed by atoms with van der Waals surface area (Å²) in [5.41, 5.74) is 0.921. The van der Waals surface area contributed by atoms with E-state index in [4.69, 9.17) is 9.47 Å². The van der Waals surface area contributed by atoms with Gasteiger partial charge in [-0.3, -0.25) is 0 Å². The topological polar surface area (TPSA) is 52.6 Å². The molecule has 0 aliphatic carbocycles. The van der Waals surface area contributed by atoms with Gasteiger partial charge in [-0.25, -0.2) is 9.59 Å². The first kappa shape index (κ1) is 20.2. The summed E-state index contributed by atoms with van der Waals surface area (Å²) in [6.45, 7) is 5.11. The smallest absolute Gasteiger partial charge is 0.338 e. The van der Waals surface area contributed by atoms with Crippen molar-refractivity contribution in [2.24, 2.45) is 0 Å². The number of hydrogen-bond donors (Lipinski definition) is 0. The number of carbonyl (C=O) groups excluding carboxylic acids is 2. The van der Waals surface area contributed by atoms with Crippen LogP contribution >= 0.6 is 0 Å². The Morgan fingerprint density at radius 3 is 1.58 bits per heavy atom. The number of hydrogen-bond acceptors (Lipinski definition) is 4. The Balaban J connectivity index is 2.29. The summed E-state index contributed by atoms with van der Waals surface area (Å²) in [7, 11) is 0. The molecule has 0 spiro atoms. The first-order valence-corrected chi connectivity index (χ1v) is 9.13. The largest absolute Gasteiger partial charge is 0.462 e. The van der Waals surface area contributed by atoms with Crippen molar-refractivity contribution in [1.29, 1.82) is 0 Å². The molecule has 0 amide bonds. The number of ether oxygens (including phenoxy) is 2. The highest BCUT2D eigenvalue weighted by Gasteiger charge is 2.10. The molecule has 0 aliphatic rings. The second kappa shape index (κ2) is 12.6. The van der Waals surface area contributed by atoms with Crippen LogP contribution < -0.4 is 0 Å². The van der Waals surface area contributed by atoms with Crippen LogP contribution in [0.5, 0.6) is 0 Å². The third-order valence-corrected chi connectivity index (χ3v) is 3.82. The van der Waals surface area contributed by atoms with Gasteiger partial charge in [0.1, 0.15) is 0 Å². The van der Waals surface area contributed by atoms with Crippen molar-refractivity contribution < 1.29 is 19.1 Å². The second-order valence-electron chi connectivity index (χ2n) is 5.97. The molecule has 1 rings (SSSR count). The molecule has 24 heavy (non-hydrogen) atoms. The zero-order valence-electron chi connectivity index (χ0n) is 15.0. The van der Waals surface area contributed by atoms with Crippen LogP contribution in [0.3, 0.4) is 0 Å². The van der Waals surface area contributed by atoms with Crippen LogP contribution in [0.1, 0.15) is 85.9 Å². The molecule has 0 saturated carbocycles. The fourth-order valence-corrected chi connectivity index (χ4v) is 2.27. The second-order valence-corrected chi connectivity index (χ2v) is 5.97. The van der Waals surface area contributed by atoms with E-state index in [9.17, 15) is 9.59 Å². The lowest BCUT2D eigenvalue weighted by Crippen LogP contribution is -2.09. The molecule has 0 saturated heterocycles. The minimum atomic E-state index is -0.351. The van der Waals surface area contributed by atoms with Crippen LogP contribution in [-0.4, -0.2) is 25.2 Å². The molecule has 0 bridgehead atoms. The monoisotopic (exact) mass is 334 g/mol. The summed E-state index contributed by atoms with van der Waals surface area (Å²) in [6, 6.07) is 6.44. The summed E-state index contributed by atoms with van der Waals surface area (Å²) in [5.74, 6) is -0.690. The molecule has 0 atom stereocenters. The summed E-state index contributed by atoms with van der Waals surface area (Å²) < 4.78 is 10.4. The van der Waals surface area contributed by atoms with E-state index < -0.39 is 0 Å². The summed E-state index contributed by atoms with van der Waals surface area (Å²) >= 11 is 0. The Labute approximate surface area is 145 Å². The predicted octanol–water partition coefficient (Wildman–Crippen LogP) is 5.16. The van der Waals surface area contributed by atoms with E-state index >= 15 is 0 Å². The number of rotatable bonds is 12. The van der Waals surface area contributed by atoms with Crippen LogP contribution in [0.15, 0.2) is 24.3 Å². The van der Waals surface area contributed by atoms with Gasteiger partial charge in [-0.15, -0.1) is 0 Å². The van der Waals surface area contributed by atoms with Crippen LogP contribution in [-0.2, 0) is 9.47 Å². The Morgan fingerprint density at radius 2 is 1.08 bits per heavy atom. The third-order valence-electron chi connectivity index (χ3n) is 3.82. The van der Waals surface area contributed by atoms with Gasteiger partial charge in [0.05, 0.1) is 24.3 Å². The van der Waals surface area contributed by atoms with E-state index in [2.05, 4.69) is 6.92 Å². The van der Waals surface area contributed by atoms with Crippen LogP contribution in [0.2, 0.25) is 0 Å². The van der Waals surface area contributed by atoms with E-state index in [0.29, 0.717) is 24.3 Å². The average Bonchev–Trinajstić information content (AvgIpc) is 2.61. The van der Waals surface area contributed by atoms with Crippen molar-refractivity contribution in [3.63, 3.8) is 0 Å². The van der Waals surface area contributed by atoms with Crippen molar-refractivity contribution in [2.75, 3.05) is 13.2 Å². The van der Waals surface area contributed by atoms with Gasteiger partial charge >= 0.3 is 11.9 Å². The minimum Gasteiger partial charge on any atom is -0.462 e. The molecule has 1 aromatic carbocycles. The molecule has 0 N–H and O–H groups in total. The van der Waals surface area contributed by atoms with Crippen molar-refractivity contribution in [1.82, 2.24) is 0 Å². The van der Waals surface area contributed by atoms with Gasteiger partial charge in [-0.2, -0.15) is 0 Å². The van der Waals surface area contributed by atoms with Gasteiger partial charge in [0.2, 0.25) is 0 Å². The molecule has 134 valence electrons.